The van der Waals surface area contributed by atoms with Gasteiger partial charge in [0.15, 0.2) is 0 Å². The van der Waals surface area contributed by atoms with Crippen LogP contribution < -0.4 is 11.3 Å². The van der Waals surface area contributed by atoms with Gasteiger partial charge in [-0.15, -0.1) is 0 Å². The smallest absolute Gasteiger partial charge is 0.326 e. The monoisotopic (exact) mass is 350 g/mol. The highest BCUT2D eigenvalue weighted by molar-refractivity contribution is 5.50. The molecule has 0 fully saturated rings. The van der Waals surface area contributed by atoms with E-state index >= 15 is 0 Å². The van der Waals surface area contributed by atoms with Gasteiger partial charge in [0.1, 0.15) is 0 Å². The maximum Gasteiger partial charge on any atom is 0.412 e. The van der Waals surface area contributed by atoms with E-state index in [1.54, 1.807) is 0 Å². The lowest BCUT2D eigenvalue weighted by atomic mass is 9.63. The summed E-state index contributed by atoms with van der Waals surface area (Å²) in [4.78, 5) is 13.9. The highest BCUT2D eigenvalue weighted by Gasteiger charge is 2.51. The van der Waals surface area contributed by atoms with Crippen LogP contribution in [0.3, 0.4) is 0 Å². The number of allylic oxidation sites excluding steroid dienone is 2. The Morgan fingerprint density at radius 1 is 1.21 bits per heavy atom. The zero-order chi connectivity index (χ0) is 17.9. The minimum atomic E-state index is -4.71. The number of rotatable bonds is 0. The molecule has 0 saturated heterocycles. The van der Waals surface area contributed by atoms with E-state index < -0.39 is 41.4 Å². The third kappa shape index (κ3) is 2.77. The minimum absolute atomic E-state index is 0.0185. The molecule has 0 saturated carbocycles. The van der Waals surface area contributed by atoms with Gasteiger partial charge in [-0.25, -0.2) is 0 Å². The molecule has 0 radical (unpaired) electrons. The Hall–Kier alpha value is -2.03. The summed E-state index contributed by atoms with van der Waals surface area (Å²) < 4.78 is 77.9. The summed E-state index contributed by atoms with van der Waals surface area (Å²) in [6.07, 6.45) is -9.61. The van der Waals surface area contributed by atoms with Crippen molar-refractivity contribution in [1.29, 1.82) is 0 Å². The minimum Gasteiger partial charge on any atom is -0.326 e. The number of aromatic amines is 1. The van der Waals surface area contributed by atoms with Gasteiger partial charge in [0.2, 0.25) is 5.56 Å². The quantitative estimate of drug-likeness (QED) is 0.558. The van der Waals surface area contributed by atoms with Gasteiger partial charge in [-0.1, -0.05) is 6.08 Å². The number of hydrogen-bond acceptors (Lipinski definition) is 2. The largest absolute Gasteiger partial charge is 0.412 e. The molecule has 1 aromatic heterocycles. The molecule has 0 amide bonds. The van der Waals surface area contributed by atoms with Crippen LogP contribution in [0.2, 0.25) is 0 Å². The van der Waals surface area contributed by atoms with E-state index in [0.29, 0.717) is 0 Å². The van der Waals surface area contributed by atoms with Crippen LogP contribution in [0.25, 0.3) is 0 Å². The highest BCUT2D eigenvalue weighted by Crippen LogP contribution is 2.51. The first-order valence-electron chi connectivity index (χ1n) is 6.99. The maximum absolute atomic E-state index is 13.1. The lowest BCUT2D eigenvalue weighted by Gasteiger charge is -2.45. The Labute approximate surface area is 131 Å². The average Bonchev–Trinajstić information content (AvgIpc) is 2.38. The van der Waals surface area contributed by atoms with Crippen LogP contribution >= 0.6 is 0 Å². The normalized spacial score (nSPS) is 28.5. The Morgan fingerprint density at radius 2 is 1.88 bits per heavy atom. The van der Waals surface area contributed by atoms with Crippen LogP contribution in [-0.2, 0) is 12.0 Å². The molecule has 3 rings (SSSR count). The van der Waals surface area contributed by atoms with Crippen LogP contribution in [0.15, 0.2) is 40.2 Å². The van der Waals surface area contributed by atoms with E-state index in [4.69, 9.17) is 5.73 Å². The predicted octanol–water partition coefficient (Wildman–Crippen LogP) is 3.08. The van der Waals surface area contributed by atoms with Crippen LogP contribution in [0.5, 0.6) is 0 Å². The van der Waals surface area contributed by atoms with Crippen molar-refractivity contribution in [3.8, 4) is 0 Å². The first kappa shape index (κ1) is 16.8. The molecular formula is C15H12F6N2O. The lowest BCUT2D eigenvalue weighted by Crippen LogP contribution is -2.50. The second-order valence-corrected chi connectivity index (χ2v) is 6.00. The zero-order valence-corrected chi connectivity index (χ0v) is 12.1. The van der Waals surface area contributed by atoms with Crippen molar-refractivity contribution in [3.63, 3.8) is 0 Å². The number of hydrogen-bond donors (Lipinski definition) is 2. The van der Waals surface area contributed by atoms with Crippen molar-refractivity contribution in [3.05, 3.63) is 57.0 Å². The Bertz CT molecular complexity index is 801. The molecular weight excluding hydrogens is 338 g/mol. The van der Waals surface area contributed by atoms with Gasteiger partial charge >= 0.3 is 12.4 Å². The number of H-pyrrole nitrogens is 1. The summed E-state index contributed by atoms with van der Waals surface area (Å²) in [7, 11) is 0. The topological polar surface area (TPSA) is 58.9 Å². The van der Waals surface area contributed by atoms with Gasteiger partial charge in [0.25, 0.3) is 0 Å². The molecule has 130 valence electrons. The average molecular weight is 350 g/mol. The van der Waals surface area contributed by atoms with Gasteiger partial charge in [-0.2, -0.15) is 26.3 Å². The SMILES string of the molecule is N[C@]12CC(C(F)(F)F)=CC(Cc3[nH]c(=O)ccc31)/C2=C\C(F)(F)F. The van der Waals surface area contributed by atoms with Crippen LogP contribution in [-0.4, -0.2) is 17.3 Å². The fraction of sp³-hybridized carbons (Fsp3) is 0.400. The molecule has 3 N–H and O–H groups in total. The molecule has 3 nitrogen and oxygen atoms in total. The van der Waals surface area contributed by atoms with Crippen molar-refractivity contribution >= 4 is 0 Å². The predicted molar refractivity (Wildman–Crippen MR) is 73.0 cm³/mol. The van der Waals surface area contributed by atoms with Crippen molar-refractivity contribution in [2.45, 2.75) is 30.7 Å². The number of aromatic nitrogens is 1. The second-order valence-electron chi connectivity index (χ2n) is 6.00. The fourth-order valence-electron chi connectivity index (χ4n) is 3.47. The fourth-order valence-corrected chi connectivity index (χ4v) is 3.47. The molecule has 2 aliphatic rings. The summed E-state index contributed by atoms with van der Waals surface area (Å²) >= 11 is 0. The van der Waals surface area contributed by atoms with E-state index in [1.165, 1.54) is 6.07 Å². The molecule has 2 aliphatic carbocycles. The summed E-state index contributed by atoms with van der Waals surface area (Å²) in [5.74, 6) is -1.17. The number of fused-ring (bicyclic) bond motifs is 4. The molecule has 0 aliphatic heterocycles. The van der Waals surface area contributed by atoms with Gasteiger partial charge in [-0.05, 0) is 23.6 Å². The molecule has 9 heteroatoms. The third-order valence-corrected chi connectivity index (χ3v) is 4.37. The van der Waals surface area contributed by atoms with Crippen molar-refractivity contribution in [2.75, 3.05) is 0 Å². The first-order valence-corrected chi connectivity index (χ1v) is 6.99. The van der Waals surface area contributed by atoms with Gasteiger partial charge < -0.3 is 10.7 Å². The van der Waals surface area contributed by atoms with E-state index in [2.05, 4.69) is 4.98 Å². The highest BCUT2D eigenvalue weighted by atomic mass is 19.4. The van der Waals surface area contributed by atoms with E-state index in [9.17, 15) is 31.1 Å². The Morgan fingerprint density at radius 3 is 2.46 bits per heavy atom. The molecule has 1 aromatic rings. The van der Waals surface area contributed by atoms with Crippen LogP contribution in [0, 0.1) is 5.92 Å². The Kier molecular flexibility index (Phi) is 3.49. The number of halogens is 6. The molecule has 1 heterocycles. The van der Waals surface area contributed by atoms with E-state index in [1.807, 2.05) is 0 Å². The number of nitrogens with two attached hydrogens (primary N) is 1. The molecule has 0 spiro atoms. The lowest BCUT2D eigenvalue weighted by molar-refractivity contribution is -0.0974. The summed E-state index contributed by atoms with van der Waals surface area (Å²) in [6.45, 7) is 0. The molecule has 0 aromatic carbocycles. The second kappa shape index (κ2) is 4.98. The van der Waals surface area contributed by atoms with E-state index in [-0.39, 0.29) is 29.3 Å². The standard InChI is InChI=1S/C15H12F6N2O/c16-14(17,18)6-10-7-3-8(15(19,20)21)5-13(10,22)9-1-2-12(24)23-11(9)4-7/h1-3,6-7H,4-5,22H2,(H,23,24)/b10-6+/t7?,13-/m1/s1. The van der Waals surface area contributed by atoms with Gasteiger partial charge in [0, 0.05) is 35.7 Å². The van der Waals surface area contributed by atoms with Crippen molar-refractivity contribution < 1.29 is 26.3 Å². The maximum atomic E-state index is 13.1. The van der Waals surface area contributed by atoms with Gasteiger partial charge in [0.05, 0.1) is 5.54 Å². The first-order chi connectivity index (χ1) is 10.9. The van der Waals surface area contributed by atoms with E-state index in [0.717, 1.165) is 12.1 Å². The van der Waals surface area contributed by atoms with Crippen LogP contribution in [0.1, 0.15) is 17.7 Å². The summed E-state index contributed by atoms with van der Waals surface area (Å²) in [5.41, 5.74) is 2.71. The molecule has 2 atom stereocenters. The Balaban J connectivity index is 2.25. The number of nitrogens with one attached hydrogen (secondary N) is 1. The molecule has 2 bridgehead atoms. The summed E-state index contributed by atoms with van der Waals surface area (Å²) in [6, 6.07) is 2.25. The molecule has 1 unspecified atom stereocenters. The third-order valence-electron chi connectivity index (χ3n) is 4.37. The zero-order valence-electron chi connectivity index (χ0n) is 12.1. The number of alkyl halides is 6. The number of pyridine rings is 1. The van der Waals surface area contributed by atoms with Crippen LogP contribution in [0.4, 0.5) is 26.3 Å². The summed E-state index contributed by atoms with van der Waals surface area (Å²) in [5, 5.41) is 0. The van der Waals surface area contributed by atoms with Crippen molar-refractivity contribution in [2.24, 2.45) is 11.7 Å². The van der Waals surface area contributed by atoms with Crippen molar-refractivity contribution in [1.82, 2.24) is 4.98 Å². The molecule has 24 heavy (non-hydrogen) atoms. The van der Waals surface area contributed by atoms with Gasteiger partial charge in [-0.3, -0.25) is 4.79 Å².